The summed E-state index contributed by atoms with van der Waals surface area (Å²) in [5, 5.41) is 0. The summed E-state index contributed by atoms with van der Waals surface area (Å²) in [6.45, 7) is 6.59. The number of carbonyl (C=O) groups is 3. The number of ether oxygens (including phenoxy) is 3. The Balaban J connectivity index is 4.39. The van der Waals surface area contributed by atoms with Crippen molar-refractivity contribution in [3.05, 3.63) is 60.8 Å². The van der Waals surface area contributed by atoms with Crippen LogP contribution in [0.1, 0.15) is 303 Å². The lowest BCUT2D eigenvalue weighted by Gasteiger charge is -2.18. The van der Waals surface area contributed by atoms with Crippen molar-refractivity contribution in [3.63, 3.8) is 0 Å². The van der Waals surface area contributed by atoms with Crippen LogP contribution < -0.4 is 0 Å². The van der Waals surface area contributed by atoms with Gasteiger partial charge in [0.25, 0.3) is 0 Å². The van der Waals surface area contributed by atoms with E-state index >= 15 is 0 Å². The molecule has 0 rings (SSSR count). The predicted octanol–water partition coefficient (Wildman–Crippen LogP) is 20.0. The number of rotatable bonds is 54. The average molecular weight is 966 g/mol. The first-order valence-electron chi connectivity index (χ1n) is 29.8. The summed E-state index contributed by atoms with van der Waals surface area (Å²) in [4.78, 5) is 38.2. The van der Waals surface area contributed by atoms with Crippen molar-refractivity contribution in [1.82, 2.24) is 0 Å². The second-order valence-corrected chi connectivity index (χ2v) is 19.9. The monoisotopic (exact) mass is 965 g/mol. The minimum atomic E-state index is -0.786. The van der Waals surface area contributed by atoms with Gasteiger partial charge >= 0.3 is 17.9 Å². The van der Waals surface area contributed by atoms with Gasteiger partial charge in [-0.1, -0.05) is 236 Å². The van der Waals surface area contributed by atoms with Crippen molar-refractivity contribution in [3.8, 4) is 0 Å². The lowest BCUT2D eigenvalue weighted by Crippen LogP contribution is -2.30. The SMILES string of the molecule is CCCCC/C=C\C/C=C\CCCCCCCCCC(=O)O[C@H](COC(=O)CCCCCCC/C=C\C/C=C\CCCCC)COC(=O)CCCCCCCCC/C=C\CCCCCCCCCC. The number of esters is 3. The van der Waals surface area contributed by atoms with Gasteiger partial charge in [0.2, 0.25) is 0 Å². The van der Waals surface area contributed by atoms with Gasteiger partial charge in [0, 0.05) is 19.3 Å². The van der Waals surface area contributed by atoms with Gasteiger partial charge in [-0.25, -0.2) is 0 Å². The summed E-state index contributed by atoms with van der Waals surface area (Å²) in [6.07, 6.45) is 72.1. The summed E-state index contributed by atoms with van der Waals surface area (Å²) in [5.41, 5.74) is 0. The molecule has 0 aliphatic carbocycles. The Bertz CT molecular complexity index is 1250. The van der Waals surface area contributed by atoms with Crippen molar-refractivity contribution in [2.75, 3.05) is 13.2 Å². The van der Waals surface area contributed by atoms with E-state index in [2.05, 4.69) is 81.5 Å². The lowest BCUT2D eigenvalue weighted by molar-refractivity contribution is -0.167. The zero-order chi connectivity index (χ0) is 50.0. The molecule has 0 saturated heterocycles. The molecule has 0 aromatic rings. The van der Waals surface area contributed by atoms with Gasteiger partial charge in [0.1, 0.15) is 13.2 Å². The third kappa shape index (κ3) is 55.9. The number of unbranched alkanes of at least 4 members (excludes halogenated alkanes) is 33. The molecule has 0 fully saturated rings. The first-order chi connectivity index (χ1) is 34.0. The molecular formula is C63H112O6. The van der Waals surface area contributed by atoms with Crippen molar-refractivity contribution in [2.45, 2.75) is 309 Å². The summed E-state index contributed by atoms with van der Waals surface area (Å²) in [7, 11) is 0. The van der Waals surface area contributed by atoms with Crippen molar-refractivity contribution in [1.29, 1.82) is 0 Å². The molecule has 0 saturated carbocycles. The highest BCUT2D eigenvalue weighted by atomic mass is 16.6. The minimum Gasteiger partial charge on any atom is -0.462 e. The average Bonchev–Trinajstić information content (AvgIpc) is 3.35. The second kappa shape index (κ2) is 57.7. The van der Waals surface area contributed by atoms with Crippen LogP contribution in [0.3, 0.4) is 0 Å². The molecule has 0 heterocycles. The zero-order valence-electron chi connectivity index (χ0n) is 45.8. The molecule has 0 aromatic carbocycles. The second-order valence-electron chi connectivity index (χ2n) is 19.9. The predicted molar refractivity (Wildman–Crippen MR) is 298 cm³/mol. The normalized spacial score (nSPS) is 12.4. The highest BCUT2D eigenvalue weighted by Gasteiger charge is 2.19. The maximum Gasteiger partial charge on any atom is 0.306 e. The molecule has 6 heteroatoms. The fourth-order valence-electron chi connectivity index (χ4n) is 8.44. The highest BCUT2D eigenvalue weighted by molar-refractivity contribution is 5.71. The Hall–Kier alpha value is -2.89. The molecule has 0 aliphatic heterocycles. The lowest BCUT2D eigenvalue weighted by atomic mass is 10.1. The number of allylic oxidation sites excluding steroid dienone is 10. The van der Waals surface area contributed by atoms with Crippen LogP contribution in [-0.2, 0) is 28.6 Å². The van der Waals surface area contributed by atoms with E-state index in [1.807, 2.05) is 0 Å². The van der Waals surface area contributed by atoms with Crippen molar-refractivity contribution in [2.24, 2.45) is 0 Å². The first kappa shape index (κ1) is 66.1. The van der Waals surface area contributed by atoms with Crippen LogP contribution in [0, 0.1) is 0 Å². The summed E-state index contributed by atoms with van der Waals surface area (Å²) in [6, 6.07) is 0. The molecule has 0 spiro atoms. The topological polar surface area (TPSA) is 78.9 Å². The van der Waals surface area contributed by atoms with Crippen LogP contribution in [0.15, 0.2) is 60.8 Å². The van der Waals surface area contributed by atoms with E-state index < -0.39 is 6.10 Å². The molecule has 69 heavy (non-hydrogen) atoms. The van der Waals surface area contributed by atoms with Gasteiger partial charge < -0.3 is 14.2 Å². The number of hydrogen-bond acceptors (Lipinski definition) is 6. The van der Waals surface area contributed by atoms with Crippen LogP contribution >= 0.6 is 0 Å². The Morgan fingerprint density at radius 1 is 0.290 bits per heavy atom. The van der Waals surface area contributed by atoms with Gasteiger partial charge in [0.05, 0.1) is 0 Å². The fourth-order valence-corrected chi connectivity index (χ4v) is 8.44. The summed E-state index contributed by atoms with van der Waals surface area (Å²) >= 11 is 0. The van der Waals surface area contributed by atoms with Crippen LogP contribution in [0.2, 0.25) is 0 Å². The Morgan fingerprint density at radius 2 is 0.522 bits per heavy atom. The molecule has 0 radical (unpaired) electrons. The Kier molecular flexibility index (Phi) is 55.3. The molecule has 0 unspecified atom stereocenters. The Morgan fingerprint density at radius 3 is 0.841 bits per heavy atom. The van der Waals surface area contributed by atoms with Crippen molar-refractivity contribution < 1.29 is 28.6 Å². The van der Waals surface area contributed by atoms with E-state index in [1.54, 1.807) is 0 Å². The summed E-state index contributed by atoms with van der Waals surface area (Å²) in [5.74, 6) is -0.897. The molecule has 0 N–H and O–H groups in total. The quantitative estimate of drug-likeness (QED) is 0.0262. The van der Waals surface area contributed by atoms with Gasteiger partial charge in [0.15, 0.2) is 6.10 Å². The first-order valence-corrected chi connectivity index (χ1v) is 29.8. The summed E-state index contributed by atoms with van der Waals surface area (Å²) < 4.78 is 16.9. The molecule has 0 aromatic heterocycles. The molecule has 400 valence electrons. The van der Waals surface area contributed by atoms with Gasteiger partial charge in [-0.3, -0.25) is 14.4 Å². The van der Waals surface area contributed by atoms with Crippen LogP contribution in [0.4, 0.5) is 0 Å². The smallest absolute Gasteiger partial charge is 0.306 e. The molecule has 0 aliphatic rings. The van der Waals surface area contributed by atoms with Gasteiger partial charge in [-0.05, 0) is 109 Å². The van der Waals surface area contributed by atoms with Crippen molar-refractivity contribution >= 4 is 17.9 Å². The minimum absolute atomic E-state index is 0.0833. The molecule has 0 bridgehead atoms. The third-order valence-corrected chi connectivity index (χ3v) is 13.0. The zero-order valence-corrected chi connectivity index (χ0v) is 45.8. The van der Waals surface area contributed by atoms with E-state index in [-0.39, 0.29) is 31.1 Å². The third-order valence-electron chi connectivity index (χ3n) is 13.0. The van der Waals surface area contributed by atoms with Gasteiger partial charge in [-0.15, -0.1) is 0 Å². The standard InChI is InChI=1S/C63H112O6/c1-4-7-10-13-16-19-22-25-28-30-31-33-35-38-41-44-47-50-53-56-62(65)68-59-60(58-67-61(64)55-52-49-46-43-40-37-34-27-24-21-18-15-12-9-6-3)69-63(66)57-54-51-48-45-42-39-36-32-29-26-23-20-17-14-11-8-5-2/h17-18,20-21,26-27,29-31,34,60H,4-16,19,22-25,28,32-33,35-59H2,1-3H3/b20-17-,21-18-,29-26-,31-30-,34-27-/t60-/m1/s1. The maximum absolute atomic E-state index is 12.9. The number of carbonyl (C=O) groups excluding carboxylic acids is 3. The molecule has 0 amide bonds. The number of hydrogen-bond donors (Lipinski definition) is 0. The highest BCUT2D eigenvalue weighted by Crippen LogP contribution is 2.15. The fraction of sp³-hybridized carbons (Fsp3) is 0.794. The van der Waals surface area contributed by atoms with Crippen LogP contribution in [0.5, 0.6) is 0 Å². The molecule has 6 nitrogen and oxygen atoms in total. The molecular weight excluding hydrogens is 853 g/mol. The van der Waals surface area contributed by atoms with E-state index in [9.17, 15) is 14.4 Å². The van der Waals surface area contributed by atoms with Gasteiger partial charge in [-0.2, -0.15) is 0 Å². The van der Waals surface area contributed by atoms with E-state index in [0.717, 1.165) is 89.9 Å². The van der Waals surface area contributed by atoms with E-state index in [1.165, 1.54) is 173 Å². The maximum atomic E-state index is 12.9. The van der Waals surface area contributed by atoms with Crippen LogP contribution in [0.25, 0.3) is 0 Å². The van der Waals surface area contributed by atoms with E-state index in [4.69, 9.17) is 14.2 Å². The van der Waals surface area contributed by atoms with Crippen LogP contribution in [-0.4, -0.2) is 37.2 Å². The Labute approximate surface area is 428 Å². The largest absolute Gasteiger partial charge is 0.462 e. The van der Waals surface area contributed by atoms with E-state index in [0.29, 0.717) is 19.3 Å². The molecule has 1 atom stereocenters.